The number of rotatable bonds is 4. The summed E-state index contributed by atoms with van der Waals surface area (Å²) in [5.74, 6) is -3.24. The van der Waals surface area contributed by atoms with Crippen LogP contribution in [0.4, 0.5) is 20.3 Å². The molecule has 3 rings (SSSR count). The molecule has 9 heteroatoms. The number of benzene rings is 2. The largest absolute Gasteiger partial charge is 0.320 e. The van der Waals surface area contributed by atoms with Gasteiger partial charge in [-0.05, 0) is 24.3 Å². The summed E-state index contributed by atoms with van der Waals surface area (Å²) in [5.41, 5.74) is -0.548. The predicted octanol–water partition coefficient (Wildman–Crippen LogP) is 2.30. The Morgan fingerprint density at radius 2 is 1.75 bits per heavy atom. The number of nitrogens with zero attached hydrogens (tertiary/aromatic N) is 3. The summed E-state index contributed by atoms with van der Waals surface area (Å²) in [7, 11) is 1.39. The minimum atomic E-state index is -0.933. The maximum atomic E-state index is 13.8. The Hall–Kier alpha value is -3.62. The van der Waals surface area contributed by atoms with Crippen LogP contribution < -0.4 is 15.8 Å². The molecule has 7 nitrogen and oxygen atoms in total. The lowest BCUT2D eigenvalue weighted by atomic mass is 10.2. The number of amides is 2. The van der Waals surface area contributed by atoms with E-state index in [0.717, 1.165) is 21.6 Å². The number of halogens is 2. The monoisotopic (exact) mass is 386 g/mol. The Morgan fingerprint density at radius 1 is 1.11 bits per heavy atom. The highest BCUT2D eigenvalue weighted by Crippen LogP contribution is 2.18. The van der Waals surface area contributed by atoms with Crippen LogP contribution in [0.1, 0.15) is 6.92 Å². The first-order valence-corrected chi connectivity index (χ1v) is 8.27. The van der Waals surface area contributed by atoms with E-state index in [0.29, 0.717) is 11.0 Å². The maximum absolute atomic E-state index is 13.8. The first kappa shape index (κ1) is 19.2. The van der Waals surface area contributed by atoms with Gasteiger partial charge in [-0.25, -0.2) is 13.8 Å². The van der Waals surface area contributed by atoms with E-state index >= 15 is 0 Å². The molecule has 0 aliphatic heterocycles. The molecule has 2 amide bonds. The molecule has 0 radical (unpaired) electrons. The van der Waals surface area contributed by atoms with Crippen LogP contribution in [0.3, 0.4) is 0 Å². The maximum Gasteiger partial charge on any atom is 0.294 e. The number of carbonyl (C=O) groups is 2. The average Bonchev–Trinajstić information content (AvgIpc) is 2.66. The number of para-hydroxylation sites is 3. The van der Waals surface area contributed by atoms with Gasteiger partial charge in [-0.3, -0.25) is 23.9 Å². The van der Waals surface area contributed by atoms with Crippen LogP contribution in [0.25, 0.3) is 11.0 Å². The second-order valence-electron chi connectivity index (χ2n) is 6.04. The zero-order valence-electron chi connectivity index (χ0n) is 15.1. The highest BCUT2D eigenvalue weighted by atomic mass is 19.1. The lowest BCUT2D eigenvalue weighted by Gasteiger charge is -2.17. The number of carbonyl (C=O) groups excluding carboxylic acids is 2. The lowest BCUT2D eigenvalue weighted by molar-refractivity contribution is -0.117. The number of aromatic nitrogens is 2. The number of anilines is 2. The van der Waals surface area contributed by atoms with E-state index < -0.39 is 41.2 Å². The van der Waals surface area contributed by atoms with Crippen molar-refractivity contribution in [2.75, 3.05) is 17.3 Å². The fraction of sp³-hybridized carbons (Fsp3) is 0.158. The van der Waals surface area contributed by atoms with Crippen LogP contribution in [0, 0.1) is 11.6 Å². The van der Waals surface area contributed by atoms with Crippen molar-refractivity contribution in [3.8, 4) is 0 Å². The van der Waals surface area contributed by atoms with Gasteiger partial charge in [0.1, 0.15) is 23.9 Å². The van der Waals surface area contributed by atoms with Crippen molar-refractivity contribution < 1.29 is 18.4 Å². The number of fused-ring (bicyclic) bond motifs is 1. The van der Waals surface area contributed by atoms with E-state index in [2.05, 4.69) is 10.3 Å². The molecule has 0 unspecified atom stereocenters. The fourth-order valence-electron chi connectivity index (χ4n) is 2.64. The Bertz CT molecular complexity index is 1120. The first-order chi connectivity index (χ1) is 13.3. The van der Waals surface area contributed by atoms with Gasteiger partial charge in [0.25, 0.3) is 5.56 Å². The molecule has 0 aliphatic rings. The van der Waals surface area contributed by atoms with E-state index in [1.807, 2.05) is 0 Å². The lowest BCUT2D eigenvalue weighted by Crippen LogP contribution is -2.36. The quantitative estimate of drug-likeness (QED) is 0.746. The summed E-state index contributed by atoms with van der Waals surface area (Å²) in [5, 5.41) is 2.14. The molecule has 0 bridgehead atoms. The molecule has 1 N–H and O–H groups in total. The highest BCUT2D eigenvalue weighted by molar-refractivity contribution is 5.93. The molecular weight excluding hydrogens is 370 g/mol. The fourth-order valence-corrected chi connectivity index (χ4v) is 2.64. The molecule has 0 spiro atoms. The van der Waals surface area contributed by atoms with Crippen molar-refractivity contribution in [1.29, 1.82) is 0 Å². The molecule has 3 aromatic rings. The predicted molar refractivity (Wildman–Crippen MR) is 100 cm³/mol. The molecule has 0 saturated heterocycles. The van der Waals surface area contributed by atoms with Crippen molar-refractivity contribution in [1.82, 2.24) is 9.55 Å². The van der Waals surface area contributed by atoms with Crippen molar-refractivity contribution in [2.45, 2.75) is 13.5 Å². The third kappa shape index (κ3) is 3.59. The van der Waals surface area contributed by atoms with Gasteiger partial charge < -0.3 is 5.32 Å². The molecule has 1 heterocycles. The van der Waals surface area contributed by atoms with Crippen LogP contribution in [-0.4, -0.2) is 28.4 Å². The molecule has 1 aromatic heterocycles. The summed E-state index contributed by atoms with van der Waals surface area (Å²) in [6.45, 7) is 0.753. The van der Waals surface area contributed by atoms with Crippen molar-refractivity contribution >= 4 is 34.4 Å². The zero-order chi connectivity index (χ0) is 20.4. The van der Waals surface area contributed by atoms with Crippen molar-refractivity contribution in [3.63, 3.8) is 0 Å². The number of hydrogen-bond acceptors (Lipinski definition) is 4. The van der Waals surface area contributed by atoms with Gasteiger partial charge in [0.05, 0.1) is 11.0 Å². The Kier molecular flexibility index (Phi) is 5.16. The normalized spacial score (nSPS) is 10.7. The van der Waals surface area contributed by atoms with Gasteiger partial charge in [0.15, 0.2) is 0 Å². The van der Waals surface area contributed by atoms with E-state index in [-0.39, 0.29) is 5.82 Å². The molecule has 144 valence electrons. The first-order valence-electron chi connectivity index (χ1n) is 8.27. The third-order valence-corrected chi connectivity index (χ3v) is 4.15. The van der Waals surface area contributed by atoms with Crippen molar-refractivity contribution in [3.05, 3.63) is 64.5 Å². The summed E-state index contributed by atoms with van der Waals surface area (Å²) >= 11 is 0. The molecule has 0 fully saturated rings. The second kappa shape index (κ2) is 7.55. The SMILES string of the molecule is CC(=O)N(C)c1nc2ccccc2n(CC(=O)Nc2c(F)cccc2F)c1=O. The van der Waals surface area contributed by atoms with Crippen LogP contribution >= 0.6 is 0 Å². The summed E-state index contributed by atoms with van der Waals surface area (Å²) in [4.78, 5) is 42.1. The van der Waals surface area contributed by atoms with Crippen molar-refractivity contribution in [2.24, 2.45) is 0 Å². The zero-order valence-corrected chi connectivity index (χ0v) is 15.1. The molecule has 0 saturated carbocycles. The van der Waals surface area contributed by atoms with Crippen LogP contribution in [0.2, 0.25) is 0 Å². The smallest absolute Gasteiger partial charge is 0.294 e. The number of hydrogen-bond donors (Lipinski definition) is 1. The minimum Gasteiger partial charge on any atom is -0.320 e. The molecule has 28 heavy (non-hydrogen) atoms. The van der Waals surface area contributed by atoms with Gasteiger partial charge >= 0.3 is 0 Å². The van der Waals surface area contributed by atoms with Gasteiger partial charge in [0.2, 0.25) is 17.6 Å². The second-order valence-corrected chi connectivity index (χ2v) is 6.04. The van der Waals surface area contributed by atoms with Crippen LogP contribution in [-0.2, 0) is 16.1 Å². The van der Waals surface area contributed by atoms with Gasteiger partial charge in [-0.15, -0.1) is 0 Å². The molecule has 0 atom stereocenters. The van der Waals surface area contributed by atoms with Gasteiger partial charge in [0, 0.05) is 14.0 Å². The molecular formula is C19H16F2N4O3. The van der Waals surface area contributed by atoms with E-state index in [1.165, 1.54) is 20.0 Å². The summed E-state index contributed by atoms with van der Waals surface area (Å²) < 4.78 is 28.6. The summed E-state index contributed by atoms with van der Waals surface area (Å²) in [6, 6.07) is 9.74. The van der Waals surface area contributed by atoms with Crippen LogP contribution in [0.15, 0.2) is 47.3 Å². The van der Waals surface area contributed by atoms with Gasteiger partial charge in [-0.1, -0.05) is 18.2 Å². The van der Waals surface area contributed by atoms with E-state index in [4.69, 9.17) is 0 Å². The minimum absolute atomic E-state index is 0.156. The molecule has 0 aliphatic carbocycles. The Morgan fingerprint density at radius 3 is 2.39 bits per heavy atom. The Balaban J connectivity index is 2.04. The highest BCUT2D eigenvalue weighted by Gasteiger charge is 2.19. The summed E-state index contributed by atoms with van der Waals surface area (Å²) in [6.07, 6.45) is 0. The van der Waals surface area contributed by atoms with Gasteiger partial charge in [-0.2, -0.15) is 0 Å². The number of nitrogens with one attached hydrogen (secondary N) is 1. The average molecular weight is 386 g/mol. The third-order valence-electron chi connectivity index (χ3n) is 4.15. The topological polar surface area (TPSA) is 84.3 Å². The Labute approximate surface area is 158 Å². The van der Waals surface area contributed by atoms with E-state index in [1.54, 1.807) is 24.3 Å². The van der Waals surface area contributed by atoms with E-state index in [9.17, 15) is 23.2 Å². The standard InChI is InChI=1S/C19H16F2N4O3/c1-11(26)24(2)18-19(28)25(15-9-4-3-8-14(15)22-18)10-16(27)23-17-12(20)6-5-7-13(17)21/h3-9H,10H2,1-2H3,(H,23,27). The molecule has 2 aromatic carbocycles. The van der Waals surface area contributed by atoms with Crippen LogP contribution in [0.5, 0.6) is 0 Å².